The molecule has 0 aliphatic carbocycles. The molecule has 0 saturated carbocycles. The van der Waals surface area contributed by atoms with Gasteiger partial charge in [-0.1, -0.05) is 6.58 Å². The van der Waals surface area contributed by atoms with E-state index in [0.717, 1.165) is 51.4 Å². The van der Waals surface area contributed by atoms with Crippen molar-refractivity contribution in [1.29, 1.82) is 0 Å². The van der Waals surface area contributed by atoms with Gasteiger partial charge in [0.15, 0.2) is 17.3 Å². The first-order valence-corrected chi connectivity index (χ1v) is 10.0. The number of aromatic nitrogens is 6. The van der Waals surface area contributed by atoms with Crippen LogP contribution in [0.2, 0.25) is 0 Å². The Bertz CT molecular complexity index is 1420. The number of halogens is 1. The Balaban J connectivity index is 1.48. The van der Waals surface area contributed by atoms with Crippen molar-refractivity contribution in [3.05, 3.63) is 78.7 Å². The normalized spacial score (nSPS) is 11.5. The van der Waals surface area contributed by atoms with Gasteiger partial charge in [0.25, 0.3) is 0 Å². The second kappa shape index (κ2) is 7.39. The summed E-state index contributed by atoms with van der Waals surface area (Å²) < 4.78 is 17.4. The van der Waals surface area contributed by atoms with Crippen molar-refractivity contribution in [1.82, 2.24) is 28.9 Å². The molecule has 0 atom stereocenters. The van der Waals surface area contributed by atoms with Gasteiger partial charge in [-0.25, -0.2) is 19.3 Å². The molecule has 0 aliphatic heterocycles. The monoisotopic (exact) mass is 415 g/mol. The molecule has 0 unspecified atom stereocenters. The van der Waals surface area contributed by atoms with Crippen molar-refractivity contribution in [3.63, 3.8) is 0 Å². The number of aryl methyl sites for hydroxylation is 1. The van der Waals surface area contributed by atoms with Crippen LogP contribution >= 0.6 is 0 Å². The number of H-pyrrole nitrogens is 1. The fourth-order valence-electron chi connectivity index (χ4n) is 3.83. The van der Waals surface area contributed by atoms with Gasteiger partial charge >= 0.3 is 0 Å². The number of fused-ring (bicyclic) bond motifs is 2. The van der Waals surface area contributed by atoms with Crippen LogP contribution in [0.3, 0.4) is 0 Å². The summed E-state index contributed by atoms with van der Waals surface area (Å²) in [6.07, 6.45) is 10.1. The zero-order valence-electron chi connectivity index (χ0n) is 17.4. The molecule has 7 nitrogen and oxygen atoms in total. The summed E-state index contributed by atoms with van der Waals surface area (Å²) >= 11 is 0. The Morgan fingerprint density at radius 1 is 1.29 bits per heavy atom. The smallest absolute Gasteiger partial charge is 0.180 e. The molecule has 1 aromatic carbocycles. The predicted octanol–water partition coefficient (Wildman–Crippen LogP) is 4.53. The highest BCUT2D eigenvalue weighted by Gasteiger charge is 2.14. The van der Waals surface area contributed by atoms with E-state index in [0.29, 0.717) is 12.4 Å². The van der Waals surface area contributed by atoms with Crippen molar-refractivity contribution >= 4 is 27.9 Å². The standard InChI is InChI=1S/C23H22FN7/c1-14(2)20-12-28-23-22(29-21(13-31(20)23)30-9-8-25-15(30)3)26-7-6-16-11-27-19-10-17(24)4-5-18(16)19/h4-5,8-13,27H,1,6-7H2,2-3H3,(H,26,29). The molecule has 0 fully saturated rings. The predicted molar refractivity (Wildman–Crippen MR) is 120 cm³/mol. The minimum Gasteiger partial charge on any atom is -0.367 e. The number of rotatable bonds is 6. The molecule has 5 rings (SSSR count). The molecule has 0 amide bonds. The van der Waals surface area contributed by atoms with E-state index in [4.69, 9.17) is 4.98 Å². The van der Waals surface area contributed by atoms with Crippen molar-refractivity contribution < 1.29 is 4.39 Å². The molecule has 4 heterocycles. The van der Waals surface area contributed by atoms with Gasteiger partial charge < -0.3 is 10.3 Å². The Morgan fingerprint density at radius 3 is 2.94 bits per heavy atom. The minimum atomic E-state index is -0.246. The first kappa shape index (κ1) is 19.0. The Hall–Kier alpha value is -3.94. The summed E-state index contributed by atoms with van der Waals surface area (Å²) in [7, 11) is 0. The maximum absolute atomic E-state index is 13.4. The first-order valence-electron chi connectivity index (χ1n) is 10.0. The molecule has 4 aromatic heterocycles. The Kier molecular flexibility index (Phi) is 4.54. The number of benzene rings is 1. The molecular weight excluding hydrogens is 393 g/mol. The molecule has 0 aliphatic rings. The summed E-state index contributed by atoms with van der Waals surface area (Å²) in [6, 6.07) is 4.81. The molecule has 0 bridgehead atoms. The highest BCUT2D eigenvalue weighted by atomic mass is 19.1. The van der Waals surface area contributed by atoms with E-state index in [1.165, 1.54) is 12.1 Å². The maximum atomic E-state index is 13.4. The van der Waals surface area contributed by atoms with Crippen LogP contribution in [0.5, 0.6) is 0 Å². The van der Waals surface area contributed by atoms with Gasteiger partial charge in [0.05, 0.1) is 18.1 Å². The quantitative estimate of drug-likeness (QED) is 0.427. The van der Waals surface area contributed by atoms with Gasteiger partial charge in [-0.3, -0.25) is 8.97 Å². The van der Waals surface area contributed by atoms with E-state index in [1.54, 1.807) is 6.20 Å². The molecule has 31 heavy (non-hydrogen) atoms. The fourth-order valence-corrected chi connectivity index (χ4v) is 3.83. The number of imidazole rings is 2. The van der Waals surface area contributed by atoms with Gasteiger partial charge in [0.2, 0.25) is 0 Å². The lowest BCUT2D eigenvalue weighted by Gasteiger charge is -2.12. The van der Waals surface area contributed by atoms with Crippen molar-refractivity contribution in [2.75, 3.05) is 11.9 Å². The minimum absolute atomic E-state index is 0.246. The third-order valence-electron chi connectivity index (χ3n) is 5.41. The summed E-state index contributed by atoms with van der Waals surface area (Å²) in [5.41, 5.74) is 4.50. The van der Waals surface area contributed by atoms with Crippen LogP contribution in [-0.2, 0) is 6.42 Å². The van der Waals surface area contributed by atoms with Crippen LogP contribution in [0.1, 0.15) is 24.0 Å². The van der Waals surface area contributed by atoms with E-state index in [1.807, 2.05) is 53.7 Å². The van der Waals surface area contributed by atoms with Crippen molar-refractivity contribution in [2.24, 2.45) is 0 Å². The fraction of sp³-hybridized carbons (Fsp3) is 0.174. The molecular formula is C23H22FN7. The highest BCUT2D eigenvalue weighted by molar-refractivity contribution is 5.83. The topological polar surface area (TPSA) is 75.8 Å². The van der Waals surface area contributed by atoms with Crippen LogP contribution in [0.4, 0.5) is 10.2 Å². The highest BCUT2D eigenvalue weighted by Crippen LogP contribution is 2.23. The zero-order valence-corrected chi connectivity index (χ0v) is 17.4. The summed E-state index contributed by atoms with van der Waals surface area (Å²) in [4.78, 5) is 16.8. The second-order valence-electron chi connectivity index (χ2n) is 7.59. The average molecular weight is 415 g/mol. The molecule has 0 spiro atoms. The molecule has 5 aromatic rings. The Labute approximate surface area is 178 Å². The second-order valence-corrected chi connectivity index (χ2v) is 7.59. The zero-order chi connectivity index (χ0) is 21.5. The lowest BCUT2D eigenvalue weighted by atomic mass is 10.1. The van der Waals surface area contributed by atoms with E-state index < -0.39 is 0 Å². The van der Waals surface area contributed by atoms with Crippen LogP contribution in [0.15, 0.2) is 55.8 Å². The van der Waals surface area contributed by atoms with Gasteiger partial charge in [-0.15, -0.1) is 0 Å². The van der Waals surface area contributed by atoms with E-state index in [-0.39, 0.29) is 5.82 Å². The number of hydrogen-bond acceptors (Lipinski definition) is 4. The molecule has 8 heteroatoms. The first-order chi connectivity index (χ1) is 15.0. The number of aromatic amines is 1. The van der Waals surface area contributed by atoms with Gasteiger partial charge in [-0.2, -0.15) is 0 Å². The van der Waals surface area contributed by atoms with Crippen molar-refractivity contribution in [2.45, 2.75) is 20.3 Å². The summed E-state index contributed by atoms with van der Waals surface area (Å²) in [5.74, 6) is 2.03. The van der Waals surface area contributed by atoms with E-state index in [2.05, 4.69) is 26.8 Å². The number of allylic oxidation sites excluding steroid dienone is 1. The largest absolute Gasteiger partial charge is 0.367 e. The third-order valence-corrected chi connectivity index (χ3v) is 5.41. The molecule has 0 saturated heterocycles. The van der Waals surface area contributed by atoms with Gasteiger partial charge in [0, 0.05) is 36.0 Å². The van der Waals surface area contributed by atoms with E-state index >= 15 is 0 Å². The molecule has 0 radical (unpaired) electrons. The number of nitrogens with one attached hydrogen (secondary N) is 2. The van der Waals surface area contributed by atoms with Crippen LogP contribution in [0.25, 0.3) is 27.9 Å². The van der Waals surface area contributed by atoms with Gasteiger partial charge in [-0.05, 0) is 49.6 Å². The number of nitrogens with zero attached hydrogens (tertiary/aromatic N) is 5. The third kappa shape index (κ3) is 3.35. The van der Waals surface area contributed by atoms with Crippen LogP contribution in [-0.4, -0.2) is 35.4 Å². The molecule has 2 N–H and O–H groups in total. The number of anilines is 1. The van der Waals surface area contributed by atoms with Crippen LogP contribution < -0.4 is 5.32 Å². The summed E-state index contributed by atoms with van der Waals surface area (Å²) in [5, 5.41) is 4.45. The van der Waals surface area contributed by atoms with Crippen molar-refractivity contribution in [3.8, 4) is 5.82 Å². The Morgan fingerprint density at radius 2 is 2.16 bits per heavy atom. The maximum Gasteiger partial charge on any atom is 0.180 e. The lowest BCUT2D eigenvalue weighted by Crippen LogP contribution is -2.11. The van der Waals surface area contributed by atoms with Gasteiger partial charge in [0.1, 0.15) is 11.6 Å². The lowest BCUT2D eigenvalue weighted by molar-refractivity contribution is 0.629. The average Bonchev–Trinajstić information content (AvgIpc) is 3.45. The SMILES string of the molecule is C=C(C)c1cnc2c(NCCc3c[nH]c4cc(F)ccc34)nc(-n3ccnc3C)cn12. The number of hydrogen-bond donors (Lipinski definition) is 2. The van der Waals surface area contributed by atoms with E-state index in [9.17, 15) is 4.39 Å². The molecule has 156 valence electrons. The van der Waals surface area contributed by atoms with Crippen LogP contribution in [0, 0.1) is 12.7 Å². The summed E-state index contributed by atoms with van der Waals surface area (Å²) in [6.45, 7) is 8.61.